The molecule has 4 nitrogen and oxygen atoms in total. The van der Waals surface area contributed by atoms with E-state index in [9.17, 15) is 4.79 Å². The smallest absolute Gasteiger partial charge is 0.354 e. The monoisotopic (exact) mass is 256 g/mol. The van der Waals surface area contributed by atoms with Gasteiger partial charge in [0.25, 0.3) is 0 Å². The molecule has 0 radical (unpaired) electrons. The SMILES string of the molecule is CCc1ccc(NCc2cccc(C(=O)O)n2)cc1. The zero-order valence-electron chi connectivity index (χ0n) is 10.8. The summed E-state index contributed by atoms with van der Waals surface area (Å²) in [6.45, 7) is 2.62. The summed E-state index contributed by atoms with van der Waals surface area (Å²) in [4.78, 5) is 14.9. The quantitative estimate of drug-likeness (QED) is 0.863. The lowest BCUT2D eigenvalue weighted by Gasteiger charge is -2.07. The minimum Gasteiger partial charge on any atom is -0.477 e. The molecule has 4 heteroatoms. The van der Waals surface area contributed by atoms with E-state index >= 15 is 0 Å². The zero-order chi connectivity index (χ0) is 13.7. The lowest BCUT2D eigenvalue weighted by atomic mass is 10.1. The van der Waals surface area contributed by atoms with Crippen LogP contribution in [0.4, 0.5) is 5.69 Å². The standard InChI is InChI=1S/C15H16N2O2/c1-2-11-6-8-12(9-7-11)16-10-13-4-3-5-14(17-13)15(18)19/h3-9,16H,2,10H2,1H3,(H,18,19). The second-order valence-electron chi connectivity index (χ2n) is 4.22. The highest BCUT2D eigenvalue weighted by atomic mass is 16.4. The maximum absolute atomic E-state index is 10.8. The van der Waals surface area contributed by atoms with E-state index in [0.717, 1.165) is 12.1 Å². The van der Waals surface area contributed by atoms with Gasteiger partial charge in [-0.2, -0.15) is 0 Å². The lowest BCUT2D eigenvalue weighted by Crippen LogP contribution is -2.06. The van der Waals surface area contributed by atoms with Crippen molar-refractivity contribution in [1.82, 2.24) is 4.98 Å². The first-order valence-electron chi connectivity index (χ1n) is 6.21. The molecule has 0 fully saturated rings. The van der Waals surface area contributed by atoms with E-state index in [1.165, 1.54) is 11.6 Å². The first-order chi connectivity index (χ1) is 9.19. The highest BCUT2D eigenvalue weighted by Crippen LogP contribution is 2.11. The Morgan fingerprint density at radius 1 is 1.21 bits per heavy atom. The Balaban J connectivity index is 2.01. The van der Waals surface area contributed by atoms with Crippen molar-refractivity contribution in [2.75, 3.05) is 5.32 Å². The summed E-state index contributed by atoms with van der Waals surface area (Å²) in [7, 11) is 0. The molecule has 2 rings (SSSR count). The molecule has 0 spiro atoms. The van der Waals surface area contributed by atoms with Gasteiger partial charge in [0.2, 0.25) is 0 Å². The first kappa shape index (κ1) is 13.1. The number of aromatic carboxylic acids is 1. The van der Waals surface area contributed by atoms with Crippen LogP contribution in [0.2, 0.25) is 0 Å². The summed E-state index contributed by atoms with van der Waals surface area (Å²) < 4.78 is 0. The lowest BCUT2D eigenvalue weighted by molar-refractivity contribution is 0.0690. The van der Waals surface area contributed by atoms with Gasteiger partial charge < -0.3 is 10.4 Å². The number of nitrogens with one attached hydrogen (secondary N) is 1. The van der Waals surface area contributed by atoms with Gasteiger partial charge in [-0.05, 0) is 36.2 Å². The Bertz CT molecular complexity index is 565. The number of benzene rings is 1. The molecule has 0 unspecified atom stereocenters. The van der Waals surface area contributed by atoms with E-state index in [0.29, 0.717) is 12.2 Å². The Hall–Kier alpha value is -2.36. The van der Waals surface area contributed by atoms with Crippen molar-refractivity contribution >= 4 is 11.7 Å². The van der Waals surface area contributed by atoms with Crippen molar-refractivity contribution in [3.63, 3.8) is 0 Å². The van der Waals surface area contributed by atoms with Gasteiger partial charge in [-0.3, -0.25) is 0 Å². The average Bonchev–Trinajstić information content (AvgIpc) is 2.46. The fourth-order valence-electron chi connectivity index (χ4n) is 1.75. The summed E-state index contributed by atoms with van der Waals surface area (Å²) in [6, 6.07) is 13.2. The summed E-state index contributed by atoms with van der Waals surface area (Å²) in [6.07, 6.45) is 1.02. The summed E-state index contributed by atoms with van der Waals surface area (Å²) in [5, 5.41) is 12.1. The van der Waals surface area contributed by atoms with Gasteiger partial charge in [0.1, 0.15) is 5.69 Å². The van der Waals surface area contributed by atoms with Crippen LogP contribution in [0.3, 0.4) is 0 Å². The fourth-order valence-corrected chi connectivity index (χ4v) is 1.75. The number of hydrogen-bond donors (Lipinski definition) is 2. The van der Waals surface area contributed by atoms with Crippen LogP contribution in [-0.4, -0.2) is 16.1 Å². The number of rotatable bonds is 5. The van der Waals surface area contributed by atoms with Crippen LogP contribution >= 0.6 is 0 Å². The Morgan fingerprint density at radius 3 is 2.58 bits per heavy atom. The molecule has 2 N–H and O–H groups in total. The molecule has 0 aliphatic carbocycles. The average molecular weight is 256 g/mol. The second-order valence-corrected chi connectivity index (χ2v) is 4.22. The molecule has 0 aliphatic rings. The molecule has 1 aromatic carbocycles. The number of aromatic nitrogens is 1. The van der Waals surface area contributed by atoms with Crippen molar-refractivity contribution in [2.24, 2.45) is 0 Å². The minimum atomic E-state index is -1.01. The number of carboxylic acids is 1. The summed E-state index contributed by atoms with van der Waals surface area (Å²) in [5.41, 5.74) is 3.07. The number of pyridine rings is 1. The van der Waals surface area contributed by atoms with Crippen LogP contribution in [0.25, 0.3) is 0 Å². The van der Waals surface area contributed by atoms with Crippen LogP contribution in [-0.2, 0) is 13.0 Å². The maximum atomic E-state index is 10.8. The third-order valence-corrected chi connectivity index (χ3v) is 2.86. The van der Waals surface area contributed by atoms with Crippen LogP contribution < -0.4 is 5.32 Å². The van der Waals surface area contributed by atoms with Crippen LogP contribution in [0.5, 0.6) is 0 Å². The number of carboxylic acid groups (broad SMARTS) is 1. The normalized spacial score (nSPS) is 10.2. The van der Waals surface area contributed by atoms with Gasteiger partial charge in [0, 0.05) is 5.69 Å². The fraction of sp³-hybridized carbons (Fsp3) is 0.200. The molecule has 2 aromatic rings. The van der Waals surface area contributed by atoms with Crippen molar-refractivity contribution < 1.29 is 9.90 Å². The first-order valence-corrected chi connectivity index (χ1v) is 6.21. The van der Waals surface area contributed by atoms with Crippen LogP contribution in [0.1, 0.15) is 28.7 Å². The Labute approximate surface area is 112 Å². The van der Waals surface area contributed by atoms with E-state index in [2.05, 4.69) is 29.4 Å². The van der Waals surface area contributed by atoms with Crippen molar-refractivity contribution in [2.45, 2.75) is 19.9 Å². The highest BCUT2D eigenvalue weighted by Gasteiger charge is 2.04. The predicted octanol–water partition coefficient (Wildman–Crippen LogP) is 2.95. The van der Waals surface area contributed by atoms with Crippen LogP contribution in [0, 0.1) is 0 Å². The number of carbonyl (C=O) groups is 1. The summed E-state index contributed by atoms with van der Waals surface area (Å²) >= 11 is 0. The van der Waals surface area contributed by atoms with Gasteiger partial charge in [0.15, 0.2) is 0 Å². The molecule has 0 bridgehead atoms. The third kappa shape index (κ3) is 3.55. The van der Waals surface area contributed by atoms with E-state index in [-0.39, 0.29) is 5.69 Å². The van der Waals surface area contributed by atoms with E-state index < -0.39 is 5.97 Å². The van der Waals surface area contributed by atoms with Gasteiger partial charge in [0.05, 0.1) is 12.2 Å². The molecule has 98 valence electrons. The molecule has 1 heterocycles. The van der Waals surface area contributed by atoms with Crippen molar-refractivity contribution in [3.05, 3.63) is 59.4 Å². The second kappa shape index (κ2) is 6.00. The molecule has 0 saturated carbocycles. The molecule has 19 heavy (non-hydrogen) atoms. The largest absolute Gasteiger partial charge is 0.477 e. The summed E-state index contributed by atoms with van der Waals surface area (Å²) in [5.74, 6) is -1.01. The maximum Gasteiger partial charge on any atom is 0.354 e. The van der Waals surface area contributed by atoms with Gasteiger partial charge in [-0.1, -0.05) is 25.1 Å². The number of nitrogens with zero attached hydrogens (tertiary/aromatic N) is 1. The number of hydrogen-bond acceptors (Lipinski definition) is 3. The van der Waals surface area contributed by atoms with Gasteiger partial charge in [-0.15, -0.1) is 0 Å². The minimum absolute atomic E-state index is 0.0700. The van der Waals surface area contributed by atoms with Crippen molar-refractivity contribution in [3.8, 4) is 0 Å². The highest BCUT2D eigenvalue weighted by molar-refractivity contribution is 5.85. The molecular weight excluding hydrogens is 240 g/mol. The van der Waals surface area contributed by atoms with E-state index in [1.807, 2.05) is 12.1 Å². The number of anilines is 1. The van der Waals surface area contributed by atoms with Crippen LogP contribution in [0.15, 0.2) is 42.5 Å². The molecule has 0 atom stereocenters. The molecule has 1 aromatic heterocycles. The Morgan fingerprint density at radius 2 is 1.95 bits per heavy atom. The number of aryl methyl sites for hydroxylation is 1. The predicted molar refractivity (Wildman–Crippen MR) is 74.3 cm³/mol. The van der Waals surface area contributed by atoms with E-state index in [4.69, 9.17) is 5.11 Å². The molecule has 0 saturated heterocycles. The van der Waals surface area contributed by atoms with Gasteiger partial charge in [-0.25, -0.2) is 9.78 Å². The Kier molecular flexibility index (Phi) is 4.13. The molecular formula is C15H16N2O2. The molecule has 0 aliphatic heterocycles. The molecule has 0 amide bonds. The third-order valence-electron chi connectivity index (χ3n) is 2.86. The zero-order valence-corrected chi connectivity index (χ0v) is 10.8. The topological polar surface area (TPSA) is 62.2 Å². The van der Waals surface area contributed by atoms with Crippen molar-refractivity contribution in [1.29, 1.82) is 0 Å². The van der Waals surface area contributed by atoms with Gasteiger partial charge >= 0.3 is 5.97 Å². The van der Waals surface area contributed by atoms with E-state index in [1.54, 1.807) is 12.1 Å².